The fraction of sp³-hybridized carbons (Fsp3) is 0.381. The molecule has 1 aromatic carbocycles. The Hall–Kier alpha value is -2.93. The molecule has 1 N–H and O–H groups in total. The van der Waals surface area contributed by atoms with Gasteiger partial charge in [-0.2, -0.15) is 0 Å². The van der Waals surface area contributed by atoms with Gasteiger partial charge in [0, 0.05) is 12.1 Å². The normalized spacial score (nSPS) is 11.9. The number of pyridine rings is 1. The van der Waals surface area contributed by atoms with E-state index in [4.69, 9.17) is 9.47 Å². The van der Waals surface area contributed by atoms with E-state index in [0.29, 0.717) is 5.69 Å². The average Bonchev–Trinajstić information content (AvgIpc) is 2.66. The number of amides is 1. The third kappa shape index (κ3) is 6.06. The van der Waals surface area contributed by atoms with Crippen LogP contribution in [0.2, 0.25) is 0 Å². The van der Waals surface area contributed by atoms with Crippen molar-refractivity contribution < 1.29 is 24.2 Å². The Morgan fingerprint density at radius 2 is 1.89 bits per heavy atom. The van der Waals surface area contributed by atoms with Gasteiger partial charge in [-0.3, -0.25) is 9.88 Å². The molecule has 1 aromatic heterocycles. The fourth-order valence-corrected chi connectivity index (χ4v) is 2.76. The number of nitrogens with zero attached hydrogens (tertiary/aromatic N) is 2. The van der Waals surface area contributed by atoms with E-state index in [1.54, 1.807) is 26.1 Å². The molecule has 7 nitrogen and oxygen atoms in total. The highest BCUT2D eigenvalue weighted by Gasteiger charge is 2.21. The summed E-state index contributed by atoms with van der Waals surface area (Å²) in [7, 11) is 1.33. The molecule has 0 saturated carbocycles. The Labute approximate surface area is 164 Å². The molecule has 2 aromatic rings. The summed E-state index contributed by atoms with van der Waals surface area (Å²) in [5.41, 5.74) is 3.13. The number of methoxy groups -OCH3 is 1. The highest BCUT2D eigenvalue weighted by Crippen LogP contribution is 2.19. The summed E-state index contributed by atoms with van der Waals surface area (Å²) in [6, 6.07) is 11.1. The van der Waals surface area contributed by atoms with E-state index < -0.39 is 18.2 Å². The number of hydrogen-bond donors (Lipinski definition) is 1. The van der Waals surface area contributed by atoms with Gasteiger partial charge in [-0.1, -0.05) is 24.3 Å². The van der Waals surface area contributed by atoms with Gasteiger partial charge in [-0.15, -0.1) is 0 Å². The first kappa shape index (κ1) is 21.4. The Balaban J connectivity index is 2.21. The topological polar surface area (TPSA) is 89.0 Å². The van der Waals surface area contributed by atoms with Crippen molar-refractivity contribution >= 4 is 17.7 Å². The zero-order valence-electron chi connectivity index (χ0n) is 16.6. The molecule has 0 unspecified atom stereocenters. The van der Waals surface area contributed by atoms with Crippen molar-refractivity contribution in [2.24, 2.45) is 0 Å². The van der Waals surface area contributed by atoms with Crippen LogP contribution >= 0.6 is 0 Å². The summed E-state index contributed by atoms with van der Waals surface area (Å²) in [6.45, 7) is 5.74. The van der Waals surface area contributed by atoms with Crippen LogP contribution < -0.4 is 4.90 Å². The summed E-state index contributed by atoms with van der Waals surface area (Å²) in [6.07, 6.45) is 0.252. The molecule has 0 radical (unpaired) electrons. The van der Waals surface area contributed by atoms with Crippen molar-refractivity contribution in [1.29, 1.82) is 0 Å². The molecule has 0 aliphatic carbocycles. The van der Waals surface area contributed by atoms with Crippen molar-refractivity contribution in [2.45, 2.75) is 45.9 Å². The molecule has 7 heteroatoms. The van der Waals surface area contributed by atoms with Gasteiger partial charge in [0.25, 0.3) is 0 Å². The quantitative estimate of drug-likeness (QED) is 0.746. The second kappa shape index (κ2) is 9.85. The van der Waals surface area contributed by atoms with E-state index in [9.17, 15) is 14.7 Å². The average molecular weight is 386 g/mol. The zero-order chi connectivity index (χ0) is 20.7. The van der Waals surface area contributed by atoms with Gasteiger partial charge >= 0.3 is 12.1 Å². The molecular formula is C21H26N2O5. The van der Waals surface area contributed by atoms with Gasteiger partial charge in [0.1, 0.15) is 0 Å². The molecule has 1 atom stereocenters. The summed E-state index contributed by atoms with van der Waals surface area (Å²) < 4.78 is 10.4. The summed E-state index contributed by atoms with van der Waals surface area (Å²) in [5.74, 6) is -0.999. The van der Waals surface area contributed by atoms with Crippen LogP contribution in [0.25, 0.3) is 0 Å². The molecular weight excluding hydrogens is 360 g/mol. The molecule has 0 aliphatic rings. The van der Waals surface area contributed by atoms with Gasteiger partial charge in [0.05, 0.1) is 31.6 Å². The van der Waals surface area contributed by atoms with E-state index in [1.807, 2.05) is 37.3 Å². The number of rotatable bonds is 8. The van der Waals surface area contributed by atoms with Crippen molar-refractivity contribution in [3.05, 3.63) is 59.4 Å². The minimum absolute atomic E-state index is 0.187. The number of carbonyl (C=O) groups excluding carboxylic acids is 1. The molecule has 0 saturated heterocycles. The largest absolute Gasteiger partial charge is 0.479 e. The van der Waals surface area contributed by atoms with Crippen LogP contribution in [0.4, 0.5) is 10.5 Å². The van der Waals surface area contributed by atoms with Gasteiger partial charge in [0.2, 0.25) is 0 Å². The number of anilines is 1. The first-order chi connectivity index (χ1) is 13.3. The predicted octanol–water partition coefficient (Wildman–Crippen LogP) is 3.58. The maximum absolute atomic E-state index is 12.3. The molecule has 0 bridgehead atoms. The lowest BCUT2D eigenvalue weighted by molar-refractivity contribution is -0.153. The van der Waals surface area contributed by atoms with Crippen LogP contribution in [0.5, 0.6) is 0 Å². The van der Waals surface area contributed by atoms with E-state index in [1.165, 1.54) is 12.0 Å². The van der Waals surface area contributed by atoms with Crippen LogP contribution in [-0.2, 0) is 27.2 Å². The fourth-order valence-electron chi connectivity index (χ4n) is 2.76. The number of aromatic nitrogens is 1. The van der Waals surface area contributed by atoms with Gasteiger partial charge in [-0.25, -0.2) is 9.59 Å². The van der Waals surface area contributed by atoms with E-state index in [-0.39, 0.29) is 19.1 Å². The first-order valence-electron chi connectivity index (χ1n) is 9.04. The number of carboxylic acids is 1. The van der Waals surface area contributed by atoms with Crippen LogP contribution in [0.1, 0.15) is 30.7 Å². The van der Waals surface area contributed by atoms with Crippen LogP contribution in [0, 0.1) is 6.92 Å². The summed E-state index contributed by atoms with van der Waals surface area (Å²) in [4.78, 5) is 29.4. The molecule has 1 amide bonds. The second-order valence-electron chi connectivity index (χ2n) is 6.75. The molecule has 2 rings (SSSR count). The third-order valence-corrected chi connectivity index (χ3v) is 4.07. The lowest BCUT2D eigenvalue weighted by Gasteiger charge is -2.22. The van der Waals surface area contributed by atoms with Crippen molar-refractivity contribution in [3.8, 4) is 0 Å². The number of aliphatic carboxylic acids is 1. The van der Waals surface area contributed by atoms with E-state index in [0.717, 1.165) is 16.8 Å². The van der Waals surface area contributed by atoms with E-state index in [2.05, 4.69) is 4.98 Å². The minimum Gasteiger partial charge on any atom is -0.479 e. The Bertz CT molecular complexity index is 805. The standard InChI is InChI=1S/C21H26N2O5/c1-14(2)28-19(20(24)25)11-16-6-5-7-17(10-16)13-23(21(26)27-4)18-9-8-15(3)22-12-18/h5-10,12,14,19H,11,13H2,1-4H3,(H,24,25)/t19-/m0/s1. The second-order valence-corrected chi connectivity index (χ2v) is 6.75. The Morgan fingerprint density at radius 3 is 2.46 bits per heavy atom. The monoisotopic (exact) mass is 386 g/mol. The lowest BCUT2D eigenvalue weighted by atomic mass is 10.0. The Kier molecular flexibility index (Phi) is 7.52. The summed E-state index contributed by atoms with van der Waals surface area (Å²) in [5, 5.41) is 9.37. The lowest BCUT2D eigenvalue weighted by Crippen LogP contribution is -2.31. The maximum atomic E-state index is 12.3. The highest BCUT2D eigenvalue weighted by atomic mass is 16.5. The predicted molar refractivity (Wildman–Crippen MR) is 105 cm³/mol. The van der Waals surface area contributed by atoms with Crippen molar-refractivity contribution in [1.82, 2.24) is 4.98 Å². The van der Waals surface area contributed by atoms with Gasteiger partial charge in [0.15, 0.2) is 6.10 Å². The molecule has 0 fully saturated rings. The molecule has 0 spiro atoms. The van der Waals surface area contributed by atoms with Crippen LogP contribution in [-0.4, -0.2) is 41.5 Å². The number of carboxylic acid groups (broad SMARTS) is 1. The summed E-state index contributed by atoms with van der Waals surface area (Å²) >= 11 is 0. The minimum atomic E-state index is -0.999. The van der Waals surface area contributed by atoms with Crippen molar-refractivity contribution in [2.75, 3.05) is 12.0 Å². The first-order valence-corrected chi connectivity index (χ1v) is 9.04. The van der Waals surface area contributed by atoms with Gasteiger partial charge in [-0.05, 0) is 44.0 Å². The maximum Gasteiger partial charge on any atom is 0.414 e. The smallest absolute Gasteiger partial charge is 0.414 e. The SMILES string of the molecule is COC(=O)N(Cc1cccc(C[C@H](OC(C)C)C(=O)O)c1)c1ccc(C)nc1. The number of ether oxygens (including phenoxy) is 2. The third-order valence-electron chi connectivity index (χ3n) is 4.07. The number of aryl methyl sites for hydroxylation is 1. The highest BCUT2D eigenvalue weighted by molar-refractivity contribution is 5.87. The molecule has 150 valence electrons. The van der Waals surface area contributed by atoms with Crippen molar-refractivity contribution in [3.63, 3.8) is 0 Å². The molecule has 0 aliphatic heterocycles. The van der Waals surface area contributed by atoms with E-state index >= 15 is 0 Å². The van der Waals surface area contributed by atoms with Crippen LogP contribution in [0.3, 0.4) is 0 Å². The number of carbonyl (C=O) groups is 2. The number of benzene rings is 1. The molecule has 28 heavy (non-hydrogen) atoms. The number of hydrogen-bond acceptors (Lipinski definition) is 5. The molecule has 1 heterocycles. The zero-order valence-corrected chi connectivity index (χ0v) is 16.6. The Morgan fingerprint density at radius 1 is 1.18 bits per heavy atom. The van der Waals surface area contributed by atoms with Gasteiger partial charge < -0.3 is 14.6 Å². The van der Waals surface area contributed by atoms with Crippen LogP contribution in [0.15, 0.2) is 42.6 Å².